The number of methoxy groups -OCH3 is 1. The maximum absolute atomic E-state index is 11.9. The summed E-state index contributed by atoms with van der Waals surface area (Å²) in [6, 6.07) is 8.24. The zero-order valence-electron chi connectivity index (χ0n) is 13.5. The highest BCUT2D eigenvalue weighted by molar-refractivity contribution is 5.93. The van der Waals surface area contributed by atoms with Crippen molar-refractivity contribution in [1.29, 1.82) is 0 Å². The molecule has 0 N–H and O–H groups in total. The Labute approximate surface area is 131 Å². The van der Waals surface area contributed by atoms with Crippen LogP contribution in [0.4, 0.5) is 0 Å². The van der Waals surface area contributed by atoms with E-state index in [1.54, 1.807) is 12.5 Å². The number of carbonyl (C=O) groups excluding carboxylic acids is 1. The van der Waals surface area contributed by atoms with Crippen molar-refractivity contribution in [3.8, 4) is 0 Å². The third-order valence-electron chi connectivity index (χ3n) is 3.48. The van der Waals surface area contributed by atoms with Crippen LogP contribution in [0.1, 0.15) is 31.9 Å². The molecule has 4 heteroatoms. The van der Waals surface area contributed by atoms with E-state index in [0.717, 1.165) is 5.56 Å². The van der Waals surface area contributed by atoms with E-state index in [4.69, 9.17) is 4.74 Å². The number of imidazole rings is 1. The van der Waals surface area contributed by atoms with Crippen LogP contribution in [0.5, 0.6) is 0 Å². The first-order chi connectivity index (χ1) is 10.4. The third kappa shape index (κ3) is 4.07. The SMILES string of the molecule is COC(=O)/C(=C/c1ccc(C(C)(C)C)cc1)Cn1ccnc1. The minimum atomic E-state index is -0.325. The first-order valence-corrected chi connectivity index (χ1v) is 7.25. The Hall–Kier alpha value is -2.36. The molecule has 0 unspecified atom stereocenters. The summed E-state index contributed by atoms with van der Waals surface area (Å²) in [5.41, 5.74) is 2.95. The van der Waals surface area contributed by atoms with Crippen LogP contribution in [0.3, 0.4) is 0 Å². The van der Waals surface area contributed by atoms with E-state index in [1.807, 2.05) is 29.0 Å². The molecule has 0 aliphatic rings. The summed E-state index contributed by atoms with van der Waals surface area (Å²) in [6.45, 7) is 6.97. The minimum absolute atomic E-state index is 0.115. The molecule has 116 valence electrons. The summed E-state index contributed by atoms with van der Waals surface area (Å²) in [4.78, 5) is 15.9. The molecule has 4 nitrogen and oxygen atoms in total. The number of esters is 1. The van der Waals surface area contributed by atoms with Crippen molar-refractivity contribution in [2.24, 2.45) is 0 Å². The Balaban J connectivity index is 2.26. The Morgan fingerprint density at radius 3 is 2.45 bits per heavy atom. The van der Waals surface area contributed by atoms with Crippen LogP contribution in [0.25, 0.3) is 6.08 Å². The standard InChI is InChI=1S/C18H22N2O2/c1-18(2,3)16-7-5-14(6-8-16)11-15(17(21)22-4)12-20-10-9-19-13-20/h5-11,13H,12H2,1-4H3/b15-11+. The smallest absolute Gasteiger partial charge is 0.335 e. The summed E-state index contributed by atoms with van der Waals surface area (Å²) in [6.07, 6.45) is 7.05. The highest BCUT2D eigenvalue weighted by Crippen LogP contribution is 2.23. The molecular formula is C18H22N2O2. The molecule has 2 aromatic rings. The van der Waals surface area contributed by atoms with E-state index in [2.05, 4.69) is 37.9 Å². The Morgan fingerprint density at radius 2 is 1.95 bits per heavy atom. The van der Waals surface area contributed by atoms with Gasteiger partial charge in [-0.05, 0) is 22.6 Å². The monoisotopic (exact) mass is 298 g/mol. The van der Waals surface area contributed by atoms with E-state index in [0.29, 0.717) is 12.1 Å². The molecule has 0 saturated carbocycles. The van der Waals surface area contributed by atoms with E-state index in [-0.39, 0.29) is 11.4 Å². The lowest BCUT2D eigenvalue weighted by Crippen LogP contribution is -2.11. The van der Waals surface area contributed by atoms with Crippen molar-refractivity contribution < 1.29 is 9.53 Å². The van der Waals surface area contributed by atoms with Gasteiger partial charge >= 0.3 is 5.97 Å². The van der Waals surface area contributed by atoms with Gasteiger partial charge in [0.1, 0.15) is 0 Å². The van der Waals surface area contributed by atoms with Crippen molar-refractivity contribution in [3.05, 3.63) is 59.7 Å². The predicted octanol–water partition coefficient (Wildman–Crippen LogP) is 3.44. The number of hydrogen-bond acceptors (Lipinski definition) is 3. The lowest BCUT2D eigenvalue weighted by atomic mass is 9.86. The minimum Gasteiger partial charge on any atom is -0.466 e. The van der Waals surface area contributed by atoms with Gasteiger partial charge in [0.05, 0.1) is 25.6 Å². The van der Waals surface area contributed by atoms with Gasteiger partial charge in [0.2, 0.25) is 0 Å². The number of benzene rings is 1. The Kier molecular flexibility index (Phi) is 4.81. The lowest BCUT2D eigenvalue weighted by molar-refractivity contribution is -0.136. The molecule has 0 atom stereocenters. The summed E-state index contributed by atoms with van der Waals surface area (Å²) in [5.74, 6) is -0.325. The molecule has 1 aromatic heterocycles. The van der Waals surface area contributed by atoms with Gasteiger partial charge in [-0.25, -0.2) is 9.78 Å². The number of rotatable bonds is 4. The zero-order valence-corrected chi connectivity index (χ0v) is 13.5. The van der Waals surface area contributed by atoms with Crippen molar-refractivity contribution >= 4 is 12.0 Å². The first-order valence-electron chi connectivity index (χ1n) is 7.25. The number of hydrogen-bond donors (Lipinski definition) is 0. The molecule has 22 heavy (non-hydrogen) atoms. The molecule has 0 aliphatic carbocycles. The lowest BCUT2D eigenvalue weighted by Gasteiger charge is -2.18. The fourth-order valence-corrected chi connectivity index (χ4v) is 2.16. The summed E-state index contributed by atoms with van der Waals surface area (Å²) in [7, 11) is 1.40. The number of nitrogens with zero attached hydrogens (tertiary/aromatic N) is 2. The van der Waals surface area contributed by atoms with Crippen LogP contribution in [-0.4, -0.2) is 22.6 Å². The molecule has 0 fully saturated rings. The molecule has 0 radical (unpaired) electrons. The molecule has 0 aliphatic heterocycles. The van der Waals surface area contributed by atoms with Crippen molar-refractivity contribution in [2.45, 2.75) is 32.7 Å². The molecule has 0 bridgehead atoms. The third-order valence-corrected chi connectivity index (χ3v) is 3.48. The molecule has 1 aromatic carbocycles. The van der Waals surface area contributed by atoms with Gasteiger partial charge in [-0.2, -0.15) is 0 Å². The fraction of sp³-hybridized carbons (Fsp3) is 0.333. The van der Waals surface area contributed by atoms with Crippen LogP contribution in [0, 0.1) is 0 Å². The highest BCUT2D eigenvalue weighted by Gasteiger charge is 2.14. The number of ether oxygens (including phenoxy) is 1. The van der Waals surface area contributed by atoms with Crippen molar-refractivity contribution in [2.75, 3.05) is 7.11 Å². The largest absolute Gasteiger partial charge is 0.466 e. The first kappa shape index (κ1) is 16.0. The van der Waals surface area contributed by atoms with Gasteiger partial charge in [0, 0.05) is 12.4 Å². The van der Waals surface area contributed by atoms with Crippen molar-refractivity contribution in [3.63, 3.8) is 0 Å². The van der Waals surface area contributed by atoms with E-state index >= 15 is 0 Å². The van der Waals surface area contributed by atoms with Gasteiger partial charge in [0.15, 0.2) is 0 Å². The Morgan fingerprint density at radius 1 is 1.27 bits per heavy atom. The highest BCUT2D eigenvalue weighted by atomic mass is 16.5. The molecular weight excluding hydrogens is 276 g/mol. The van der Waals surface area contributed by atoms with E-state index in [1.165, 1.54) is 12.7 Å². The maximum atomic E-state index is 11.9. The average Bonchev–Trinajstić information content (AvgIpc) is 2.98. The van der Waals surface area contributed by atoms with Gasteiger partial charge < -0.3 is 9.30 Å². The Bertz CT molecular complexity index is 647. The van der Waals surface area contributed by atoms with E-state index in [9.17, 15) is 4.79 Å². The van der Waals surface area contributed by atoms with Crippen LogP contribution in [0.15, 0.2) is 48.6 Å². The number of aromatic nitrogens is 2. The quantitative estimate of drug-likeness (QED) is 0.641. The normalized spacial score (nSPS) is 12.3. The van der Waals surface area contributed by atoms with Gasteiger partial charge in [-0.15, -0.1) is 0 Å². The maximum Gasteiger partial charge on any atom is 0.335 e. The summed E-state index contributed by atoms with van der Waals surface area (Å²) >= 11 is 0. The van der Waals surface area contributed by atoms with Crippen LogP contribution in [-0.2, 0) is 21.5 Å². The molecule has 1 heterocycles. The number of carbonyl (C=O) groups is 1. The topological polar surface area (TPSA) is 44.1 Å². The summed E-state index contributed by atoms with van der Waals surface area (Å²) < 4.78 is 6.71. The summed E-state index contributed by atoms with van der Waals surface area (Å²) in [5, 5.41) is 0. The van der Waals surface area contributed by atoms with Gasteiger partial charge in [-0.1, -0.05) is 45.0 Å². The zero-order chi connectivity index (χ0) is 16.2. The molecule has 2 rings (SSSR count). The van der Waals surface area contributed by atoms with Crippen LogP contribution >= 0.6 is 0 Å². The van der Waals surface area contributed by atoms with Gasteiger partial charge in [0.25, 0.3) is 0 Å². The second kappa shape index (κ2) is 6.60. The average molecular weight is 298 g/mol. The van der Waals surface area contributed by atoms with Crippen molar-refractivity contribution in [1.82, 2.24) is 9.55 Å². The van der Waals surface area contributed by atoms with Crippen LogP contribution < -0.4 is 0 Å². The van der Waals surface area contributed by atoms with Crippen LogP contribution in [0.2, 0.25) is 0 Å². The second-order valence-corrected chi connectivity index (χ2v) is 6.27. The second-order valence-electron chi connectivity index (χ2n) is 6.27. The molecule has 0 spiro atoms. The van der Waals surface area contributed by atoms with Gasteiger partial charge in [-0.3, -0.25) is 0 Å². The molecule has 0 amide bonds. The van der Waals surface area contributed by atoms with E-state index < -0.39 is 0 Å². The fourth-order valence-electron chi connectivity index (χ4n) is 2.16. The molecule has 0 saturated heterocycles. The predicted molar refractivity (Wildman–Crippen MR) is 87.4 cm³/mol.